The van der Waals surface area contributed by atoms with Crippen molar-refractivity contribution in [2.45, 2.75) is 25.5 Å². The first-order valence-electron chi connectivity index (χ1n) is 8.92. The SMILES string of the molecule is CC(Cc1cccc(O)c1)NCC(O)COc1cccc2ccccc12. The van der Waals surface area contributed by atoms with Crippen molar-refractivity contribution < 1.29 is 14.9 Å². The van der Waals surface area contributed by atoms with Crippen LogP contribution in [-0.4, -0.2) is 35.5 Å². The van der Waals surface area contributed by atoms with Crippen molar-refractivity contribution in [3.8, 4) is 11.5 Å². The van der Waals surface area contributed by atoms with E-state index >= 15 is 0 Å². The van der Waals surface area contributed by atoms with Crippen molar-refractivity contribution in [3.05, 3.63) is 72.3 Å². The maximum Gasteiger partial charge on any atom is 0.127 e. The topological polar surface area (TPSA) is 61.7 Å². The minimum atomic E-state index is -0.597. The molecule has 26 heavy (non-hydrogen) atoms. The van der Waals surface area contributed by atoms with Gasteiger partial charge >= 0.3 is 0 Å². The van der Waals surface area contributed by atoms with E-state index in [-0.39, 0.29) is 18.4 Å². The van der Waals surface area contributed by atoms with Gasteiger partial charge in [-0.2, -0.15) is 0 Å². The summed E-state index contributed by atoms with van der Waals surface area (Å²) in [5, 5.41) is 25.2. The van der Waals surface area contributed by atoms with E-state index in [1.807, 2.05) is 54.6 Å². The van der Waals surface area contributed by atoms with Gasteiger partial charge in [-0.15, -0.1) is 0 Å². The lowest BCUT2D eigenvalue weighted by atomic mass is 10.1. The van der Waals surface area contributed by atoms with Gasteiger partial charge < -0.3 is 20.3 Å². The maximum atomic E-state index is 10.2. The van der Waals surface area contributed by atoms with Crippen molar-refractivity contribution in [3.63, 3.8) is 0 Å². The molecule has 2 unspecified atom stereocenters. The van der Waals surface area contributed by atoms with Gasteiger partial charge in [0.05, 0.1) is 0 Å². The molecule has 3 N–H and O–H groups in total. The molecule has 4 nitrogen and oxygen atoms in total. The molecule has 0 aliphatic heterocycles. The first-order valence-corrected chi connectivity index (χ1v) is 8.92. The first kappa shape index (κ1) is 18.2. The number of hydrogen-bond acceptors (Lipinski definition) is 4. The Balaban J connectivity index is 1.47. The number of aromatic hydroxyl groups is 1. The van der Waals surface area contributed by atoms with E-state index in [0.29, 0.717) is 6.54 Å². The van der Waals surface area contributed by atoms with Crippen molar-refractivity contribution in [2.24, 2.45) is 0 Å². The summed E-state index contributed by atoms with van der Waals surface area (Å²) in [6.07, 6.45) is 0.186. The molecule has 0 saturated heterocycles. The predicted molar refractivity (Wildman–Crippen MR) is 105 cm³/mol. The molecule has 0 fully saturated rings. The van der Waals surface area contributed by atoms with Crippen LogP contribution in [0, 0.1) is 0 Å². The zero-order chi connectivity index (χ0) is 18.4. The van der Waals surface area contributed by atoms with E-state index in [4.69, 9.17) is 4.74 Å². The Morgan fingerprint density at radius 3 is 2.62 bits per heavy atom. The Bertz CT molecular complexity index is 844. The lowest BCUT2D eigenvalue weighted by molar-refractivity contribution is 0.105. The van der Waals surface area contributed by atoms with E-state index in [0.717, 1.165) is 28.5 Å². The fourth-order valence-electron chi connectivity index (χ4n) is 3.01. The molecule has 0 radical (unpaired) electrons. The van der Waals surface area contributed by atoms with Crippen LogP contribution in [-0.2, 0) is 6.42 Å². The summed E-state index contributed by atoms with van der Waals surface area (Å²) in [5.41, 5.74) is 1.06. The van der Waals surface area contributed by atoms with E-state index in [9.17, 15) is 10.2 Å². The second-order valence-corrected chi connectivity index (χ2v) is 6.63. The second kappa shape index (κ2) is 8.70. The molecule has 0 aliphatic carbocycles. The van der Waals surface area contributed by atoms with Crippen LogP contribution in [0.1, 0.15) is 12.5 Å². The van der Waals surface area contributed by atoms with Gasteiger partial charge in [0.2, 0.25) is 0 Å². The highest BCUT2D eigenvalue weighted by molar-refractivity contribution is 5.88. The zero-order valence-electron chi connectivity index (χ0n) is 14.9. The minimum absolute atomic E-state index is 0.184. The average Bonchev–Trinajstić information content (AvgIpc) is 2.64. The van der Waals surface area contributed by atoms with Crippen LogP contribution >= 0.6 is 0 Å². The van der Waals surface area contributed by atoms with Crippen LogP contribution in [0.5, 0.6) is 11.5 Å². The number of phenolic OH excluding ortho intramolecular Hbond substituents is 1. The van der Waals surface area contributed by atoms with Gasteiger partial charge in [0, 0.05) is 18.0 Å². The summed E-state index contributed by atoms with van der Waals surface area (Å²) in [6, 6.07) is 21.4. The van der Waals surface area contributed by atoms with Gasteiger partial charge in [0.15, 0.2) is 0 Å². The third kappa shape index (κ3) is 4.97. The normalized spacial score (nSPS) is 13.5. The summed E-state index contributed by atoms with van der Waals surface area (Å²) in [4.78, 5) is 0. The monoisotopic (exact) mass is 351 g/mol. The highest BCUT2D eigenvalue weighted by Gasteiger charge is 2.10. The molecule has 0 bridgehead atoms. The Kier molecular flexibility index (Phi) is 6.10. The van der Waals surface area contributed by atoms with Crippen molar-refractivity contribution >= 4 is 10.8 Å². The van der Waals surface area contributed by atoms with Gasteiger partial charge in [0.1, 0.15) is 24.2 Å². The standard InChI is InChI=1S/C22H25NO3/c1-16(12-17-6-4-9-19(24)13-17)23-14-20(25)15-26-22-11-5-8-18-7-2-3-10-21(18)22/h2-11,13,16,20,23-25H,12,14-15H2,1H3. The first-order chi connectivity index (χ1) is 12.6. The molecule has 0 aliphatic rings. The van der Waals surface area contributed by atoms with Crippen molar-refractivity contribution in [2.75, 3.05) is 13.2 Å². The molecule has 0 heterocycles. The number of rotatable bonds is 8. The Morgan fingerprint density at radius 1 is 1.00 bits per heavy atom. The second-order valence-electron chi connectivity index (χ2n) is 6.63. The molecule has 3 aromatic carbocycles. The van der Waals surface area contributed by atoms with Gasteiger partial charge in [-0.05, 0) is 42.5 Å². The summed E-state index contributed by atoms with van der Waals surface area (Å²) in [6.45, 7) is 2.74. The van der Waals surface area contributed by atoms with Gasteiger partial charge in [-0.25, -0.2) is 0 Å². The van der Waals surface area contributed by atoms with Crippen LogP contribution in [0.15, 0.2) is 66.7 Å². The summed E-state index contributed by atoms with van der Waals surface area (Å²) in [5.74, 6) is 1.06. The number of aliphatic hydroxyl groups is 1. The van der Waals surface area contributed by atoms with Crippen molar-refractivity contribution in [1.29, 1.82) is 0 Å². The highest BCUT2D eigenvalue weighted by atomic mass is 16.5. The Morgan fingerprint density at radius 2 is 1.77 bits per heavy atom. The van der Waals surface area contributed by atoms with Crippen molar-refractivity contribution in [1.82, 2.24) is 5.32 Å². The van der Waals surface area contributed by atoms with Crippen LogP contribution in [0.2, 0.25) is 0 Å². The molecule has 136 valence electrons. The molecule has 4 heteroatoms. The molecule has 3 rings (SSSR count). The van der Waals surface area contributed by atoms with Crippen LogP contribution < -0.4 is 10.1 Å². The third-order valence-electron chi connectivity index (χ3n) is 4.34. The molecule has 0 aromatic heterocycles. The smallest absolute Gasteiger partial charge is 0.127 e. The number of hydrogen-bond donors (Lipinski definition) is 3. The van der Waals surface area contributed by atoms with Gasteiger partial charge in [0.25, 0.3) is 0 Å². The van der Waals surface area contributed by atoms with Crippen LogP contribution in [0.25, 0.3) is 10.8 Å². The summed E-state index contributed by atoms with van der Waals surface area (Å²) in [7, 11) is 0. The summed E-state index contributed by atoms with van der Waals surface area (Å²) < 4.78 is 5.82. The lowest BCUT2D eigenvalue weighted by Gasteiger charge is -2.18. The number of phenols is 1. The van der Waals surface area contributed by atoms with Gasteiger partial charge in [-0.3, -0.25) is 0 Å². The molecular formula is C22H25NO3. The fourth-order valence-corrected chi connectivity index (χ4v) is 3.01. The Labute approximate surface area is 154 Å². The number of ether oxygens (including phenoxy) is 1. The van der Waals surface area contributed by atoms with E-state index in [2.05, 4.69) is 12.2 Å². The molecule has 2 atom stereocenters. The molecule has 0 amide bonds. The molecule has 3 aromatic rings. The van der Waals surface area contributed by atoms with Crippen LogP contribution in [0.3, 0.4) is 0 Å². The van der Waals surface area contributed by atoms with E-state index in [1.165, 1.54) is 0 Å². The average molecular weight is 351 g/mol. The minimum Gasteiger partial charge on any atom is -0.508 e. The molecule has 0 saturated carbocycles. The van der Waals surface area contributed by atoms with E-state index in [1.54, 1.807) is 12.1 Å². The predicted octanol–water partition coefficient (Wildman–Crippen LogP) is 3.51. The molecule has 0 spiro atoms. The molecular weight excluding hydrogens is 326 g/mol. The quantitative estimate of drug-likeness (QED) is 0.581. The van der Waals surface area contributed by atoms with Gasteiger partial charge in [-0.1, -0.05) is 48.5 Å². The Hall–Kier alpha value is -2.56. The highest BCUT2D eigenvalue weighted by Crippen LogP contribution is 2.25. The largest absolute Gasteiger partial charge is 0.508 e. The number of fused-ring (bicyclic) bond motifs is 1. The third-order valence-corrected chi connectivity index (χ3v) is 4.34. The maximum absolute atomic E-state index is 10.2. The lowest BCUT2D eigenvalue weighted by Crippen LogP contribution is -2.37. The summed E-state index contributed by atoms with van der Waals surface area (Å²) >= 11 is 0. The van der Waals surface area contributed by atoms with Crippen LogP contribution in [0.4, 0.5) is 0 Å². The number of benzene rings is 3. The number of aliphatic hydroxyl groups excluding tert-OH is 1. The number of nitrogens with one attached hydrogen (secondary N) is 1. The zero-order valence-corrected chi connectivity index (χ0v) is 14.9. The van der Waals surface area contributed by atoms with E-state index < -0.39 is 6.10 Å². The fraction of sp³-hybridized carbons (Fsp3) is 0.273.